The summed E-state index contributed by atoms with van der Waals surface area (Å²) in [6.45, 7) is 0.700. The number of rotatable bonds is 1. The van der Waals surface area contributed by atoms with Crippen LogP contribution < -0.4 is 5.32 Å². The van der Waals surface area contributed by atoms with Crippen molar-refractivity contribution < 1.29 is 4.79 Å². The van der Waals surface area contributed by atoms with Crippen LogP contribution in [0.5, 0.6) is 0 Å². The molecule has 2 aromatic carbocycles. The Kier molecular flexibility index (Phi) is 4.72. The molecule has 1 N–H and O–H groups in total. The summed E-state index contributed by atoms with van der Waals surface area (Å²) >= 11 is 12.4. The van der Waals surface area contributed by atoms with E-state index in [2.05, 4.69) is 10.3 Å². The number of carbonyl (C=O) groups excluding carboxylic acids is 1. The van der Waals surface area contributed by atoms with Crippen LogP contribution in [-0.4, -0.2) is 29.9 Å². The molecule has 2 aromatic rings. The summed E-state index contributed by atoms with van der Waals surface area (Å²) in [5.74, 6) is 0.575. The number of aliphatic imine (C=N–C) groups is 1. The highest BCUT2D eigenvalue weighted by atomic mass is 35.5. The number of carbonyl (C=O) groups is 1. The zero-order valence-electron chi connectivity index (χ0n) is 12.5. The maximum Gasteiger partial charge on any atom is 0.251 e. The van der Waals surface area contributed by atoms with Crippen LogP contribution in [0.2, 0.25) is 10.0 Å². The Labute approximate surface area is 155 Å². The second kappa shape index (κ2) is 6.63. The molecule has 0 saturated heterocycles. The van der Waals surface area contributed by atoms with Crippen molar-refractivity contribution in [1.82, 2.24) is 4.90 Å². The Hall–Kier alpha value is -1.75. The van der Waals surface area contributed by atoms with E-state index in [0.717, 1.165) is 16.8 Å². The van der Waals surface area contributed by atoms with E-state index < -0.39 is 0 Å². The van der Waals surface area contributed by atoms with Crippen molar-refractivity contribution in [3.8, 4) is 0 Å². The Balaban J connectivity index is 0.00000169. The van der Waals surface area contributed by atoms with E-state index in [1.54, 1.807) is 4.90 Å². The average molecular weight is 383 g/mol. The quantitative estimate of drug-likeness (QED) is 0.804. The van der Waals surface area contributed by atoms with Gasteiger partial charge in [0.15, 0.2) is 0 Å². The van der Waals surface area contributed by atoms with Gasteiger partial charge in [-0.05, 0) is 41.5 Å². The molecule has 2 aliphatic heterocycles. The van der Waals surface area contributed by atoms with E-state index in [9.17, 15) is 4.79 Å². The molecule has 0 radical (unpaired) electrons. The van der Waals surface area contributed by atoms with Gasteiger partial charge in [0, 0.05) is 28.2 Å². The number of benzene rings is 2. The van der Waals surface area contributed by atoms with Crippen LogP contribution in [0.4, 0.5) is 5.69 Å². The summed E-state index contributed by atoms with van der Waals surface area (Å²) in [7, 11) is 0. The average Bonchev–Trinajstić information content (AvgIpc) is 2.78. The van der Waals surface area contributed by atoms with Gasteiger partial charge in [0.2, 0.25) is 5.96 Å². The number of anilines is 1. The first kappa shape index (κ1) is 17.1. The molecule has 0 aromatic heterocycles. The Morgan fingerprint density at radius 2 is 1.92 bits per heavy atom. The molecule has 0 fully saturated rings. The highest BCUT2D eigenvalue weighted by molar-refractivity contribution is 6.31. The fourth-order valence-corrected chi connectivity index (χ4v) is 3.45. The molecule has 2 heterocycles. The van der Waals surface area contributed by atoms with Gasteiger partial charge in [0.25, 0.3) is 5.91 Å². The van der Waals surface area contributed by atoms with Crippen LogP contribution >= 0.6 is 35.6 Å². The van der Waals surface area contributed by atoms with Gasteiger partial charge in [0.05, 0.1) is 0 Å². The molecule has 24 heavy (non-hydrogen) atoms. The standard InChI is InChI=1S/C17H13Cl2N3O.ClH/c18-11-3-1-2-10(6-11)14-9-22-16(23)8-20-17(22)21-15-5-4-12(19)7-13(14)15;/h1-7,14H,8-9H2,(H,20,21);1H. The molecule has 4 rings (SSSR count). The highest BCUT2D eigenvalue weighted by Gasteiger charge is 2.33. The first-order valence-electron chi connectivity index (χ1n) is 7.28. The van der Waals surface area contributed by atoms with Gasteiger partial charge in [-0.1, -0.05) is 35.3 Å². The first-order valence-corrected chi connectivity index (χ1v) is 8.04. The predicted molar refractivity (Wildman–Crippen MR) is 99.6 cm³/mol. The highest BCUT2D eigenvalue weighted by Crippen LogP contribution is 2.37. The van der Waals surface area contributed by atoms with E-state index in [1.165, 1.54) is 0 Å². The van der Waals surface area contributed by atoms with Crippen LogP contribution in [0.1, 0.15) is 17.0 Å². The lowest BCUT2D eigenvalue weighted by molar-refractivity contribution is -0.124. The number of hydrogen-bond donors (Lipinski definition) is 1. The third kappa shape index (κ3) is 2.97. The van der Waals surface area contributed by atoms with Crippen molar-refractivity contribution in [1.29, 1.82) is 0 Å². The number of halogens is 3. The van der Waals surface area contributed by atoms with Crippen LogP contribution in [0.3, 0.4) is 0 Å². The number of hydrogen-bond acceptors (Lipinski definition) is 3. The largest absolute Gasteiger partial charge is 0.326 e. The van der Waals surface area contributed by atoms with Crippen LogP contribution in [0, 0.1) is 0 Å². The lowest BCUT2D eigenvalue weighted by Crippen LogP contribution is -2.37. The lowest BCUT2D eigenvalue weighted by atomic mass is 9.90. The second-order valence-corrected chi connectivity index (χ2v) is 6.48. The number of nitrogens with one attached hydrogen (secondary N) is 1. The van der Waals surface area contributed by atoms with E-state index >= 15 is 0 Å². The molecule has 1 amide bonds. The molecular formula is C17H14Cl3N3O. The van der Waals surface area contributed by atoms with Crippen molar-refractivity contribution in [2.45, 2.75) is 5.92 Å². The summed E-state index contributed by atoms with van der Waals surface area (Å²) in [5, 5.41) is 4.59. The molecular weight excluding hydrogens is 369 g/mol. The normalized spacial score (nSPS) is 18.8. The molecule has 7 heteroatoms. The fraction of sp³-hybridized carbons (Fsp3) is 0.176. The maximum absolute atomic E-state index is 12.1. The van der Waals surface area contributed by atoms with Crippen LogP contribution in [-0.2, 0) is 4.79 Å². The van der Waals surface area contributed by atoms with E-state index in [-0.39, 0.29) is 30.8 Å². The van der Waals surface area contributed by atoms with Gasteiger partial charge < -0.3 is 5.32 Å². The van der Waals surface area contributed by atoms with E-state index in [1.807, 2.05) is 42.5 Å². The minimum Gasteiger partial charge on any atom is -0.326 e. The number of guanidine groups is 1. The number of amides is 1. The van der Waals surface area contributed by atoms with Crippen molar-refractivity contribution in [3.05, 3.63) is 63.6 Å². The van der Waals surface area contributed by atoms with E-state index in [0.29, 0.717) is 22.5 Å². The summed E-state index contributed by atoms with van der Waals surface area (Å²) in [5.41, 5.74) is 2.99. The zero-order chi connectivity index (χ0) is 16.0. The Morgan fingerprint density at radius 1 is 1.12 bits per heavy atom. The van der Waals surface area contributed by atoms with Gasteiger partial charge >= 0.3 is 0 Å². The fourth-order valence-electron chi connectivity index (χ4n) is 3.07. The van der Waals surface area contributed by atoms with Crippen LogP contribution in [0.15, 0.2) is 47.5 Å². The summed E-state index contributed by atoms with van der Waals surface area (Å²) in [6.07, 6.45) is 0. The van der Waals surface area contributed by atoms with Crippen molar-refractivity contribution in [3.63, 3.8) is 0 Å². The molecule has 0 saturated carbocycles. The number of nitrogens with zero attached hydrogens (tertiary/aromatic N) is 2. The van der Waals surface area contributed by atoms with Gasteiger partial charge in [-0.2, -0.15) is 0 Å². The second-order valence-electron chi connectivity index (χ2n) is 5.61. The summed E-state index contributed by atoms with van der Waals surface area (Å²) < 4.78 is 0. The van der Waals surface area contributed by atoms with Crippen molar-refractivity contribution in [2.24, 2.45) is 4.99 Å². The molecule has 4 nitrogen and oxygen atoms in total. The number of fused-ring (bicyclic) bond motifs is 2. The molecule has 0 spiro atoms. The molecule has 1 unspecified atom stereocenters. The monoisotopic (exact) mass is 381 g/mol. The van der Waals surface area contributed by atoms with Gasteiger partial charge in [-0.15, -0.1) is 12.4 Å². The molecule has 2 aliphatic rings. The lowest BCUT2D eigenvalue weighted by Gasteiger charge is -2.22. The maximum atomic E-state index is 12.1. The predicted octanol–water partition coefficient (Wildman–Crippen LogP) is 4.17. The van der Waals surface area contributed by atoms with Gasteiger partial charge in [-0.25, -0.2) is 4.99 Å². The minimum atomic E-state index is -0.0235. The third-order valence-corrected chi connectivity index (χ3v) is 4.64. The Morgan fingerprint density at radius 3 is 2.71 bits per heavy atom. The van der Waals surface area contributed by atoms with Crippen LogP contribution in [0.25, 0.3) is 0 Å². The zero-order valence-corrected chi connectivity index (χ0v) is 14.8. The molecule has 0 bridgehead atoms. The minimum absolute atomic E-state index is 0. The van der Waals surface area contributed by atoms with Gasteiger partial charge in [0.1, 0.15) is 6.54 Å². The summed E-state index contributed by atoms with van der Waals surface area (Å²) in [6, 6.07) is 13.4. The van der Waals surface area contributed by atoms with Crippen molar-refractivity contribution >= 4 is 53.2 Å². The van der Waals surface area contributed by atoms with Gasteiger partial charge in [-0.3, -0.25) is 9.69 Å². The first-order chi connectivity index (χ1) is 11.1. The topological polar surface area (TPSA) is 44.7 Å². The third-order valence-electron chi connectivity index (χ3n) is 4.17. The SMILES string of the molecule is Cl.O=C1CN=C2Nc3ccc(Cl)cc3C(c3cccc(Cl)c3)CN12. The molecule has 0 aliphatic carbocycles. The summed E-state index contributed by atoms with van der Waals surface area (Å²) in [4.78, 5) is 18.1. The molecule has 1 atom stereocenters. The smallest absolute Gasteiger partial charge is 0.251 e. The molecule has 124 valence electrons. The van der Waals surface area contributed by atoms with Crippen molar-refractivity contribution in [2.75, 3.05) is 18.4 Å². The van der Waals surface area contributed by atoms with E-state index in [4.69, 9.17) is 23.2 Å². The Bertz CT molecular complexity index is 838.